The number of rotatable bonds is 6. The highest BCUT2D eigenvalue weighted by atomic mass is 32.2. The number of sulfonamides is 1. The predicted octanol–water partition coefficient (Wildman–Crippen LogP) is 1.03. The van der Waals surface area contributed by atoms with E-state index in [9.17, 15) is 8.42 Å². The van der Waals surface area contributed by atoms with Crippen LogP contribution in [0.25, 0.3) is 0 Å². The number of benzene rings is 1. The van der Waals surface area contributed by atoms with Gasteiger partial charge in [-0.3, -0.25) is 4.90 Å². The first-order valence-corrected chi connectivity index (χ1v) is 7.95. The summed E-state index contributed by atoms with van der Waals surface area (Å²) >= 11 is 0. The number of anilines is 1. The van der Waals surface area contributed by atoms with Gasteiger partial charge in [-0.2, -0.15) is 0 Å². The molecule has 1 unspecified atom stereocenters. The zero-order chi connectivity index (χ0) is 14.0. The Kier molecular flexibility index (Phi) is 4.13. The van der Waals surface area contributed by atoms with Crippen LogP contribution in [0.15, 0.2) is 29.2 Å². The second-order valence-corrected chi connectivity index (χ2v) is 6.94. The lowest BCUT2D eigenvalue weighted by molar-refractivity contribution is 0.248. The van der Waals surface area contributed by atoms with Crippen molar-refractivity contribution in [2.45, 2.75) is 36.7 Å². The summed E-state index contributed by atoms with van der Waals surface area (Å²) in [5, 5.41) is 0. The van der Waals surface area contributed by atoms with Gasteiger partial charge in [0.05, 0.1) is 4.90 Å². The molecule has 0 heterocycles. The quantitative estimate of drug-likeness (QED) is 0.765. The summed E-state index contributed by atoms with van der Waals surface area (Å²) in [6.07, 6.45) is 2.42. The summed E-state index contributed by atoms with van der Waals surface area (Å²) in [4.78, 5) is 2.44. The lowest BCUT2D eigenvalue weighted by Gasteiger charge is -2.24. The molecule has 0 spiro atoms. The standard InChI is InChI=1S/C13H21N3O2S/c1-10(16(2)12-6-7-12)9-15-19(17,18)13-5-3-4-11(14)8-13/h3-5,8,10,12,15H,6-7,9,14H2,1-2H3. The first-order chi connectivity index (χ1) is 8.90. The minimum Gasteiger partial charge on any atom is -0.399 e. The molecule has 1 atom stereocenters. The summed E-state index contributed by atoms with van der Waals surface area (Å²) in [6.45, 7) is 2.43. The number of nitrogens with zero attached hydrogens (tertiary/aromatic N) is 1. The van der Waals surface area contributed by atoms with Gasteiger partial charge in [0.25, 0.3) is 0 Å². The number of nitrogens with one attached hydrogen (secondary N) is 1. The Hall–Kier alpha value is -1.11. The minimum atomic E-state index is -3.47. The minimum absolute atomic E-state index is 0.184. The number of likely N-dealkylation sites (N-methyl/N-ethyl adjacent to an activating group) is 1. The second-order valence-electron chi connectivity index (χ2n) is 5.17. The molecule has 0 saturated heterocycles. The molecule has 0 bridgehead atoms. The first-order valence-electron chi connectivity index (χ1n) is 6.47. The molecule has 0 radical (unpaired) electrons. The maximum atomic E-state index is 12.1. The van der Waals surface area contributed by atoms with E-state index < -0.39 is 10.0 Å². The van der Waals surface area contributed by atoms with Crippen LogP contribution < -0.4 is 10.5 Å². The molecule has 2 rings (SSSR count). The predicted molar refractivity (Wildman–Crippen MR) is 76.3 cm³/mol. The maximum Gasteiger partial charge on any atom is 0.240 e. The van der Waals surface area contributed by atoms with Gasteiger partial charge in [-0.1, -0.05) is 6.07 Å². The molecule has 19 heavy (non-hydrogen) atoms. The Bertz CT molecular complexity index is 541. The van der Waals surface area contributed by atoms with Gasteiger partial charge in [0.2, 0.25) is 10.0 Å². The van der Waals surface area contributed by atoms with Crippen LogP contribution in [0.5, 0.6) is 0 Å². The number of nitrogens with two attached hydrogens (primary N) is 1. The van der Waals surface area contributed by atoms with E-state index in [2.05, 4.69) is 9.62 Å². The molecule has 106 valence electrons. The summed E-state index contributed by atoms with van der Waals surface area (Å²) < 4.78 is 26.9. The van der Waals surface area contributed by atoms with Crippen LogP contribution in [0.4, 0.5) is 5.69 Å². The molecule has 5 nitrogen and oxygen atoms in total. The molecular weight excluding hydrogens is 262 g/mol. The Labute approximate surface area is 114 Å². The molecule has 1 fully saturated rings. The van der Waals surface area contributed by atoms with E-state index in [1.165, 1.54) is 18.9 Å². The normalized spacial score (nSPS) is 17.6. The molecule has 6 heteroatoms. The highest BCUT2D eigenvalue weighted by Crippen LogP contribution is 2.26. The van der Waals surface area contributed by atoms with Gasteiger partial charge < -0.3 is 5.73 Å². The summed E-state index contributed by atoms with van der Waals surface area (Å²) in [5.41, 5.74) is 6.06. The third-order valence-corrected chi connectivity index (χ3v) is 4.98. The lowest BCUT2D eigenvalue weighted by Crippen LogP contribution is -2.41. The van der Waals surface area contributed by atoms with Gasteiger partial charge in [0, 0.05) is 24.3 Å². The molecule has 0 aromatic heterocycles. The number of hydrogen-bond donors (Lipinski definition) is 2. The van der Waals surface area contributed by atoms with E-state index in [-0.39, 0.29) is 10.9 Å². The lowest BCUT2D eigenvalue weighted by atomic mass is 10.3. The molecule has 1 aromatic carbocycles. The number of nitrogen functional groups attached to an aromatic ring is 1. The van der Waals surface area contributed by atoms with E-state index in [0.717, 1.165) is 0 Å². The van der Waals surface area contributed by atoms with Crippen molar-refractivity contribution in [1.82, 2.24) is 9.62 Å². The summed E-state index contributed by atoms with van der Waals surface area (Å²) in [5.74, 6) is 0. The van der Waals surface area contributed by atoms with Crippen molar-refractivity contribution in [2.24, 2.45) is 0 Å². The maximum absolute atomic E-state index is 12.1. The summed E-state index contributed by atoms with van der Waals surface area (Å²) in [6, 6.07) is 7.13. The van der Waals surface area contributed by atoms with Crippen LogP contribution in [0.3, 0.4) is 0 Å². The fraction of sp³-hybridized carbons (Fsp3) is 0.538. The molecule has 1 aliphatic rings. The van der Waals surface area contributed by atoms with Gasteiger partial charge in [-0.05, 0) is 45.0 Å². The van der Waals surface area contributed by atoms with E-state index in [1.54, 1.807) is 18.2 Å². The zero-order valence-corrected chi connectivity index (χ0v) is 12.2. The van der Waals surface area contributed by atoms with Crippen LogP contribution in [0, 0.1) is 0 Å². The molecular formula is C13H21N3O2S. The average Bonchev–Trinajstić information content (AvgIpc) is 3.19. The van der Waals surface area contributed by atoms with Crippen molar-refractivity contribution in [3.63, 3.8) is 0 Å². The van der Waals surface area contributed by atoms with Crippen molar-refractivity contribution in [3.8, 4) is 0 Å². The van der Waals surface area contributed by atoms with Crippen molar-refractivity contribution >= 4 is 15.7 Å². The summed E-state index contributed by atoms with van der Waals surface area (Å²) in [7, 11) is -1.43. The Morgan fingerprint density at radius 1 is 1.47 bits per heavy atom. The van der Waals surface area contributed by atoms with Crippen LogP contribution in [0.2, 0.25) is 0 Å². The van der Waals surface area contributed by atoms with Crippen LogP contribution >= 0.6 is 0 Å². The third kappa shape index (κ3) is 3.68. The van der Waals surface area contributed by atoms with Gasteiger partial charge in [0.1, 0.15) is 0 Å². The van der Waals surface area contributed by atoms with E-state index in [4.69, 9.17) is 5.73 Å². The van der Waals surface area contributed by atoms with Crippen molar-refractivity contribution in [1.29, 1.82) is 0 Å². The number of hydrogen-bond acceptors (Lipinski definition) is 4. The van der Waals surface area contributed by atoms with E-state index in [0.29, 0.717) is 18.3 Å². The third-order valence-electron chi connectivity index (χ3n) is 3.56. The molecule has 1 aliphatic carbocycles. The van der Waals surface area contributed by atoms with Crippen molar-refractivity contribution in [2.75, 3.05) is 19.3 Å². The van der Waals surface area contributed by atoms with Gasteiger partial charge in [-0.25, -0.2) is 13.1 Å². The van der Waals surface area contributed by atoms with Crippen molar-refractivity contribution < 1.29 is 8.42 Å². The Morgan fingerprint density at radius 2 is 2.16 bits per heavy atom. The fourth-order valence-corrected chi connectivity index (χ4v) is 3.16. The SMILES string of the molecule is CC(CNS(=O)(=O)c1cccc(N)c1)N(C)C1CC1. The first kappa shape index (κ1) is 14.3. The molecule has 3 N–H and O–H groups in total. The molecule has 0 aliphatic heterocycles. The topological polar surface area (TPSA) is 75.4 Å². The average molecular weight is 283 g/mol. The van der Waals surface area contributed by atoms with E-state index >= 15 is 0 Å². The smallest absolute Gasteiger partial charge is 0.240 e. The Balaban J connectivity index is 1.97. The Morgan fingerprint density at radius 3 is 2.74 bits per heavy atom. The molecule has 1 aromatic rings. The molecule has 1 saturated carbocycles. The van der Waals surface area contributed by atoms with Gasteiger partial charge in [-0.15, -0.1) is 0 Å². The second kappa shape index (κ2) is 5.48. The zero-order valence-electron chi connectivity index (χ0n) is 11.3. The largest absolute Gasteiger partial charge is 0.399 e. The van der Waals surface area contributed by atoms with Crippen molar-refractivity contribution in [3.05, 3.63) is 24.3 Å². The van der Waals surface area contributed by atoms with Crippen LogP contribution in [0.1, 0.15) is 19.8 Å². The van der Waals surface area contributed by atoms with Gasteiger partial charge in [0.15, 0.2) is 0 Å². The van der Waals surface area contributed by atoms with E-state index in [1.807, 2.05) is 14.0 Å². The fourth-order valence-electron chi connectivity index (χ4n) is 1.98. The highest BCUT2D eigenvalue weighted by Gasteiger charge is 2.29. The van der Waals surface area contributed by atoms with Gasteiger partial charge >= 0.3 is 0 Å². The van der Waals surface area contributed by atoms with Crippen LogP contribution in [-0.2, 0) is 10.0 Å². The molecule has 0 amide bonds. The monoisotopic (exact) mass is 283 g/mol. The van der Waals surface area contributed by atoms with Crippen LogP contribution in [-0.4, -0.2) is 39.0 Å². The highest BCUT2D eigenvalue weighted by molar-refractivity contribution is 7.89.